The van der Waals surface area contributed by atoms with Gasteiger partial charge in [-0.15, -0.1) is 0 Å². The molecule has 2 heterocycles. The molecule has 1 N–H and O–H groups in total. The molecule has 0 unspecified atom stereocenters. The van der Waals surface area contributed by atoms with Gasteiger partial charge in [0.1, 0.15) is 18.3 Å². The van der Waals surface area contributed by atoms with Crippen molar-refractivity contribution >= 4 is 40.9 Å². The van der Waals surface area contributed by atoms with E-state index in [9.17, 15) is 24.3 Å². The van der Waals surface area contributed by atoms with Crippen LogP contribution in [-0.4, -0.2) is 64.2 Å². The van der Waals surface area contributed by atoms with Crippen LogP contribution in [0.2, 0.25) is 0 Å². The summed E-state index contributed by atoms with van der Waals surface area (Å²) in [5.41, 5.74) is 0.642. The van der Waals surface area contributed by atoms with Crippen LogP contribution in [0.5, 0.6) is 5.75 Å². The van der Waals surface area contributed by atoms with Crippen molar-refractivity contribution in [2.75, 3.05) is 20.2 Å². The molecule has 2 aliphatic heterocycles. The number of carbonyl (C=O) groups excluding carboxylic acids is 3. The van der Waals surface area contributed by atoms with Crippen molar-refractivity contribution in [1.82, 2.24) is 9.80 Å². The van der Waals surface area contributed by atoms with Crippen molar-refractivity contribution in [2.45, 2.75) is 25.3 Å². The zero-order valence-electron chi connectivity index (χ0n) is 15.3. The number of amides is 3. The summed E-state index contributed by atoms with van der Waals surface area (Å²) < 4.78 is 5.24. The highest BCUT2D eigenvalue weighted by atomic mass is 32.2. The number of nitrogens with zero attached hydrogens (tertiary/aromatic N) is 2. The minimum absolute atomic E-state index is 0.190. The first-order chi connectivity index (χ1) is 13.4. The predicted molar refractivity (Wildman–Crippen MR) is 103 cm³/mol. The number of para-hydroxylation sites is 1. The number of likely N-dealkylation sites (tertiary alicyclic amines) is 1. The number of hydrogen-bond donors (Lipinski definition) is 1. The molecule has 2 fully saturated rings. The highest BCUT2D eigenvalue weighted by Gasteiger charge is 2.39. The van der Waals surface area contributed by atoms with Crippen molar-refractivity contribution in [1.29, 1.82) is 0 Å². The summed E-state index contributed by atoms with van der Waals surface area (Å²) >= 11 is 0.747. The first-order valence-electron chi connectivity index (χ1n) is 8.83. The smallest absolute Gasteiger partial charge is 0.326 e. The van der Waals surface area contributed by atoms with Gasteiger partial charge in [0.15, 0.2) is 0 Å². The number of benzene rings is 1. The van der Waals surface area contributed by atoms with Gasteiger partial charge in [0.05, 0.1) is 12.0 Å². The first kappa shape index (κ1) is 19.9. The van der Waals surface area contributed by atoms with Crippen LogP contribution in [0.4, 0.5) is 4.79 Å². The number of piperidine rings is 1. The van der Waals surface area contributed by atoms with Crippen LogP contribution < -0.4 is 4.74 Å². The molecular formula is C19H20N2O6S. The summed E-state index contributed by atoms with van der Waals surface area (Å²) in [5.74, 6) is -1.62. The molecule has 1 aromatic carbocycles. The molecule has 9 heteroatoms. The Morgan fingerprint density at radius 3 is 2.75 bits per heavy atom. The molecule has 2 aliphatic rings. The maximum absolute atomic E-state index is 12.6. The van der Waals surface area contributed by atoms with Gasteiger partial charge in [-0.3, -0.25) is 19.3 Å². The molecule has 0 bridgehead atoms. The summed E-state index contributed by atoms with van der Waals surface area (Å²) in [6, 6.07) is 6.15. The molecule has 148 valence electrons. The number of hydrogen-bond acceptors (Lipinski definition) is 6. The van der Waals surface area contributed by atoms with Crippen LogP contribution in [0, 0.1) is 0 Å². The largest absolute Gasteiger partial charge is 0.496 e. The number of methoxy groups -OCH3 is 1. The third-order valence-electron chi connectivity index (χ3n) is 4.70. The third kappa shape index (κ3) is 4.04. The fraction of sp³-hybridized carbons (Fsp3) is 0.368. The van der Waals surface area contributed by atoms with Crippen molar-refractivity contribution < 1.29 is 29.0 Å². The second kappa shape index (κ2) is 8.47. The highest BCUT2D eigenvalue weighted by molar-refractivity contribution is 8.18. The molecule has 1 atom stereocenters. The number of aliphatic carboxylic acids is 1. The lowest BCUT2D eigenvalue weighted by Crippen LogP contribution is -2.51. The molecule has 0 saturated carbocycles. The number of carboxylic acids is 1. The van der Waals surface area contributed by atoms with E-state index in [1.54, 1.807) is 30.3 Å². The molecule has 3 rings (SSSR count). The van der Waals surface area contributed by atoms with Gasteiger partial charge in [0, 0.05) is 12.1 Å². The van der Waals surface area contributed by atoms with E-state index >= 15 is 0 Å². The fourth-order valence-electron chi connectivity index (χ4n) is 3.28. The average molecular weight is 404 g/mol. The van der Waals surface area contributed by atoms with E-state index in [0.29, 0.717) is 30.7 Å². The zero-order valence-corrected chi connectivity index (χ0v) is 16.1. The van der Waals surface area contributed by atoms with Gasteiger partial charge in [-0.05, 0) is 43.2 Å². The van der Waals surface area contributed by atoms with E-state index < -0.39 is 35.6 Å². The average Bonchev–Trinajstić information content (AvgIpc) is 2.95. The van der Waals surface area contributed by atoms with Crippen molar-refractivity contribution in [3.05, 3.63) is 34.7 Å². The molecular weight excluding hydrogens is 384 g/mol. The van der Waals surface area contributed by atoms with Crippen LogP contribution >= 0.6 is 11.8 Å². The van der Waals surface area contributed by atoms with E-state index in [-0.39, 0.29) is 4.91 Å². The van der Waals surface area contributed by atoms with E-state index in [1.165, 1.54) is 12.0 Å². The van der Waals surface area contributed by atoms with Crippen LogP contribution in [0.25, 0.3) is 6.08 Å². The molecule has 0 aliphatic carbocycles. The van der Waals surface area contributed by atoms with E-state index in [0.717, 1.165) is 23.1 Å². The first-order valence-corrected chi connectivity index (χ1v) is 9.64. The van der Waals surface area contributed by atoms with Crippen molar-refractivity contribution in [2.24, 2.45) is 0 Å². The Morgan fingerprint density at radius 1 is 1.29 bits per heavy atom. The minimum Gasteiger partial charge on any atom is -0.496 e. The van der Waals surface area contributed by atoms with Gasteiger partial charge in [0.2, 0.25) is 5.91 Å². The summed E-state index contributed by atoms with van der Waals surface area (Å²) in [4.78, 5) is 51.2. The van der Waals surface area contributed by atoms with Crippen LogP contribution in [-0.2, 0) is 14.4 Å². The Balaban J connectivity index is 1.76. The lowest BCUT2D eigenvalue weighted by molar-refractivity contribution is -0.152. The van der Waals surface area contributed by atoms with Gasteiger partial charge in [-0.2, -0.15) is 0 Å². The van der Waals surface area contributed by atoms with Crippen LogP contribution in [0.1, 0.15) is 24.8 Å². The van der Waals surface area contributed by atoms with Crippen LogP contribution in [0.3, 0.4) is 0 Å². The zero-order chi connectivity index (χ0) is 20.3. The Bertz CT molecular complexity index is 853. The summed E-state index contributed by atoms with van der Waals surface area (Å²) in [5, 5.41) is 8.76. The molecule has 0 radical (unpaired) electrons. The molecule has 28 heavy (non-hydrogen) atoms. The monoisotopic (exact) mass is 404 g/mol. The number of ether oxygens (including phenoxy) is 1. The maximum atomic E-state index is 12.6. The Morgan fingerprint density at radius 2 is 2.04 bits per heavy atom. The molecule has 3 amide bonds. The predicted octanol–water partition coefficient (Wildman–Crippen LogP) is 2.20. The Hall–Kier alpha value is -2.81. The van der Waals surface area contributed by atoms with Gasteiger partial charge < -0.3 is 14.7 Å². The third-order valence-corrected chi connectivity index (χ3v) is 5.61. The molecule has 0 aromatic heterocycles. The SMILES string of the molecule is COc1ccccc1/C=C1/SC(=O)N(CC(=O)N2CCCC[C@@H]2C(=O)O)C1=O. The van der Waals surface area contributed by atoms with Gasteiger partial charge in [0.25, 0.3) is 11.1 Å². The van der Waals surface area contributed by atoms with Gasteiger partial charge in [-0.25, -0.2) is 4.79 Å². The van der Waals surface area contributed by atoms with Crippen molar-refractivity contribution in [3.8, 4) is 5.75 Å². The molecule has 8 nitrogen and oxygen atoms in total. The highest BCUT2D eigenvalue weighted by Crippen LogP contribution is 2.34. The Kier molecular flexibility index (Phi) is 6.03. The minimum atomic E-state index is -1.07. The van der Waals surface area contributed by atoms with E-state index in [1.807, 2.05) is 0 Å². The number of carboxylic acid groups (broad SMARTS) is 1. The lowest BCUT2D eigenvalue weighted by Gasteiger charge is -2.33. The second-order valence-electron chi connectivity index (χ2n) is 6.45. The summed E-state index contributed by atoms with van der Waals surface area (Å²) in [7, 11) is 1.51. The Labute approximate surface area is 166 Å². The standard InChI is InChI=1S/C19H20N2O6S/c1-27-14-8-3-2-6-12(14)10-15-17(23)21(19(26)28-15)11-16(22)20-9-5-4-7-13(20)18(24)25/h2-3,6,8,10,13H,4-5,7,9,11H2,1H3,(H,24,25)/b15-10+/t13-/m1/s1. The number of imide groups is 1. The molecule has 1 aromatic rings. The second-order valence-corrected chi connectivity index (χ2v) is 7.44. The number of thioether (sulfide) groups is 1. The molecule has 2 saturated heterocycles. The summed E-state index contributed by atoms with van der Waals surface area (Å²) in [6.07, 6.45) is 3.35. The fourth-order valence-corrected chi connectivity index (χ4v) is 4.11. The number of carbonyl (C=O) groups is 4. The van der Waals surface area contributed by atoms with E-state index in [2.05, 4.69) is 0 Å². The van der Waals surface area contributed by atoms with Crippen molar-refractivity contribution in [3.63, 3.8) is 0 Å². The van der Waals surface area contributed by atoms with Crippen LogP contribution in [0.15, 0.2) is 29.2 Å². The normalized spacial score (nSPS) is 21.3. The summed E-state index contributed by atoms with van der Waals surface area (Å²) in [6.45, 7) is -0.152. The van der Waals surface area contributed by atoms with E-state index in [4.69, 9.17) is 4.74 Å². The van der Waals surface area contributed by atoms with Gasteiger partial charge >= 0.3 is 5.97 Å². The lowest BCUT2D eigenvalue weighted by atomic mass is 10.0. The number of rotatable bonds is 5. The molecule has 0 spiro atoms. The topological polar surface area (TPSA) is 104 Å². The maximum Gasteiger partial charge on any atom is 0.326 e. The quantitative estimate of drug-likeness (QED) is 0.750. The van der Waals surface area contributed by atoms with Gasteiger partial charge in [-0.1, -0.05) is 18.2 Å².